The Balaban J connectivity index is 1.43. The van der Waals surface area contributed by atoms with Gasteiger partial charge < -0.3 is 10.2 Å². The van der Waals surface area contributed by atoms with E-state index in [1.54, 1.807) is 31.0 Å². The number of amides is 2. The predicted molar refractivity (Wildman–Crippen MR) is 116 cm³/mol. The van der Waals surface area contributed by atoms with Crippen LogP contribution in [0.15, 0.2) is 42.6 Å². The number of halogens is 1. The molecule has 0 aliphatic carbocycles. The minimum absolute atomic E-state index is 0.145. The summed E-state index contributed by atoms with van der Waals surface area (Å²) in [6.07, 6.45) is 3.67. The fourth-order valence-electron chi connectivity index (χ4n) is 4.49. The van der Waals surface area contributed by atoms with E-state index in [1.165, 1.54) is 6.07 Å². The van der Waals surface area contributed by atoms with Gasteiger partial charge in [-0.25, -0.2) is 4.39 Å². The molecule has 4 rings (SSSR count). The van der Waals surface area contributed by atoms with Gasteiger partial charge in [-0.15, -0.1) is 0 Å². The molecular weight excluding hydrogens is 395 g/mol. The van der Waals surface area contributed by atoms with Gasteiger partial charge in [-0.1, -0.05) is 18.2 Å². The lowest BCUT2D eigenvalue weighted by molar-refractivity contribution is -0.133. The number of nitrogens with one attached hydrogen (secondary N) is 1. The molecule has 2 saturated heterocycles. The number of hydrogen-bond donors (Lipinski definition) is 1. The zero-order chi connectivity index (χ0) is 22.0. The van der Waals surface area contributed by atoms with Gasteiger partial charge in [-0.05, 0) is 51.4 Å². The van der Waals surface area contributed by atoms with Crippen molar-refractivity contribution in [3.05, 3.63) is 65.2 Å². The molecule has 0 bridgehead atoms. The zero-order valence-electron chi connectivity index (χ0n) is 18.1. The van der Waals surface area contributed by atoms with E-state index in [4.69, 9.17) is 0 Å². The number of pyridine rings is 1. The van der Waals surface area contributed by atoms with E-state index in [9.17, 15) is 14.0 Å². The number of hydrogen-bond acceptors (Lipinski definition) is 4. The lowest BCUT2D eigenvalue weighted by atomic mass is 9.93. The first-order valence-corrected chi connectivity index (χ1v) is 10.9. The van der Waals surface area contributed by atoms with Gasteiger partial charge in [0, 0.05) is 49.6 Å². The molecular formula is C24H29FN4O2. The summed E-state index contributed by atoms with van der Waals surface area (Å²) in [6, 6.07) is 10.6. The van der Waals surface area contributed by atoms with E-state index < -0.39 is 5.54 Å². The number of likely N-dealkylation sites (tertiary alicyclic amines) is 1. The van der Waals surface area contributed by atoms with Crippen LogP contribution >= 0.6 is 0 Å². The topological polar surface area (TPSA) is 65.5 Å². The third kappa shape index (κ3) is 4.46. The van der Waals surface area contributed by atoms with Crippen molar-refractivity contribution in [3.8, 4) is 0 Å². The summed E-state index contributed by atoms with van der Waals surface area (Å²) in [5, 5.41) is 2.81. The van der Waals surface area contributed by atoms with Crippen molar-refractivity contribution in [1.82, 2.24) is 20.1 Å². The fraction of sp³-hybridized carbons (Fsp3) is 0.458. The molecule has 1 N–H and O–H groups in total. The summed E-state index contributed by atoms with van der Waals surface area (Å²) in [5.74, 6) is -0.237. The quantitative estimate of drug-likeness (QED) is 0.820. The second-order valence-electron chi connectivity index (χ2n) is 8.91. The van der Waals surface area contributed by atoms with E-state index in [1.807, 2.05) is 24.3 Å². The molecule has 1 aromatic carbocycles. The van der Waals surface area contributed by atoms with Gasteiger partial charge in [0.15, 0.2) is 0 Å². The minimum Gasteiger partial charge on any atom is -0.352 e. The van der Waals surface area contributed by atoms with Crippen LogP contribution < -0.4 is 5.32 Å². The fourth-order valence-corrected chi connectivity index (χ4v) is 4.49. The van der Waals surface area contributed by atoms with E-state index in [2.05, 4.69) is 15.2 Å². The number of carbonyl (C=O) groups is 2. The van der Waals surface area contributed by atoms with Crippen molar-refractivity contribution in [3.63, 3.8) is 0 Å². The Morgan fingerprint density at radius 1 is 1.23 bits per heavy atom. The Labute approximate surface area is 182 Å². The van der Waals surface area contributed by atoms with Gasteiger partial charge >= 0.3 is 0 Å². The highest BCUT2D eigenvalue weighted by atomic mass is 19.1. The first-order valence-electron chi connectivity index (χ1n) is 10.9. The average molecular weight is 425 g/mol. The maximum absolute atomic E-state index is 14.0. The Morgan fingerprint density at radius 2 is 2.03 bits per heavy atom. The normalized spacial score (nSPS) is 21.6. The molecule has 1 atom stereocenters. The van der Waals surface area contributed by atoms with Gasteiger partial charge in [0.2, 0.25) is 5.91 Å². The molecule has 2 aromatic rings. The Kier molecular flexibility index (Phi) is 6.05. The van der Waals surface area contributed by atoms with Crippen molar-refractivity contribution in [1.29, 1.82) is 0 Å². The first kappa shape index (κ1) is 21.4. The van der Waals surface area contributed by atoms with E-state index >= 15 is 0 Å². The second kappa shape index (κ2) is 8.75. The van der Waals surface area contributed by atoms with E-state index in [-0.39, 0.29) is 23.5 Å². The van der Waals surface area contributed by atoms with Crippen molar-refractivity contribution < 1.29 is 14.0 Å². The number of benzene rings is 1. The molecule has 6 nitrogen and oxygen atoms in total. The summed E-state index contributed by atoms with van der Waals surface area (Å²) in [4.78, 5) is 33.6. The Bertz CT molecular complexity index is 960. The van der Waals surface area contributed by atoms with Crippen molar-refractivity contribution in [2.24, 2.45) is 0 Å². The second-order valence-corrected chi connectivity index (χ2v) is 8.91. The van der Waals surface area contributed by atoms with E-state index in [0.29, 0.717) is 30.8 Å². The lowest BCUT2D eigenvalue weighted by Gasteiger charge is -2.41. The molecule has 0 unspecified atom stereocenters. The third-order valence-corrected chi connectivity index (χ3v) is 6.41. The monoisotopic (exact) mass is 424 g/mol. The molecule has 31 heavy (non-hydrogen) atoms. The van der Waals surface area contributed by atoms with Crippen LogP contribution in [0.2, 0.25) is 0 Å². The van der Waals surface area contributed by atoms with Gasteiger partial charge in [-0.2, -0.15) is 0 Å². The number of aromatic nitrogens is 1. The summed E-state index contributed by atoms with van der Waals surface area (Å²) in [6.45, 7) is 6.79. The predicted octanol–water partition coefficient (Wildman–Crippen LogP) is 2.95. The Hall–Kier alpha value is -2.80. The molecule has 0 saturated carbocycles. The lowest BCUT2D eigenvalue weighted by Crippen LogP contribution is -2.63. The molecule has 0 spiro atoms. The van der Waals surface area contributed by atoms with Crippen LogP contribution in [0.1, 0.15) is 54.2 Å². The molecule has 2 fully saturated rings. The number of rotatable bonds is 4. The number of piperidine rings is 1. The molecule has 164 valence electrons. The summed E-state index contributed by atoms with van der Waals surface area (Å²) >= 11 is 0. The van der Waals surface area contributed by atoms with Crippen LogP contribution in [0.5, 0.6) is 0 Å². The highest BCUT2D eigenvalue weighted by Crippen LogP contribution is 2.28. The molecule has 2 amide bonds. The SMILES string of the molecule is CC1(C)C(=O)NCCN1C(=O)c1ccc([C@H]2CCCN(Cc3ccccc3F)C2)nc1. The van der Waals surface area contributed by atoms with Crippen LogP contribution in [0.25, 0.3) is 0 Å². The standard InChI is InChI=1S/C24H29FN4O2/c1-24(2)23(31)26-11-13-29(24)22(30)17-9-10-21(27-14-17)19-7-5-12-28(16-19)15-18-6-3-4-8-20(18)25/h3-4,6,8-10,14,19H,5,7,11-13,15-16H2,1-2H3,(H,26,31)/t19-/m0/s1. The molecule has 1 aromatic heterocycles. The molecule has 2 aliphatic heterocycles. The summed E-state index contributed by atoms with van der Waals surface area (Å²) in [7, 11) is 0. The molecule has 0 radical (unpaired) electrons. The highest BCUT2D eigenvalue weighted by molar-refractivity contribution is 5.99. The van der Waals surface area contributed by atoms with Crippen LogP contribution in [-0.4, -0.2) is 58.3 Å². The van der Waals surface area contributed by atoms with Crippen molar-refractivity contribution >= 4 is 11.8 Å². The highest BCUT2D eigenvalue weighted by Gasteiger charge is 2.40. The van der Waals surface area contributed by atoms with Crippen LogP contribution in [0.4, 0.5) is 4.39 Å². The largest absolute Gasteiger partial charge is 0.352 e. The zero-order valence-corrected chi connectivity index (χ0v) is 18.1. The number of piperazine rings is 1. The molecule has 7 heteroatoms. The third-order valence-electron chi connectivity index (χ3n) is 6.41. The summed E-state index contributed by atoms with van der Waals surface area (Å²) in [5.41, 5.74) is 1.27. The smallest absolute Gasteiger partial charge is 0.256 e. The van der Waals surface area contributed by atoms with Gasteiger partial charge in [-0.3, -0.25) is 19.5 Å². The van der Waals surface area contributed by atoms with Crippen LogP contribution in [0.3, 0.4) is 0 Å². The van der Waals surface area contributed by atoms with Crippen molar-refractivity contribution in [2.75, 3.05) is 26.2 Å². The van der Waals surface area contributed by atoms with Crippen LogP contribution in [0, 0.1) is 5.82 Å². The Morgan fingerprint density at radius 3 is 2.77 bits per heavy atom. The van der Waals surface area contributed by atoms with Crippen LogP contribution in [-0.2, 0) is 11.3 Å². The van der Waals surface area contributed by atoms with Gasteiger partial charge in [0.1, 0.15) is 11.4 Å². The number of nitrogens with zero attached hydrogens (tertiary/aromatic N) is 3. The van der Waals surface area contributed by atoms with Gasteiger partial charge in [0.25, 0.3) is 5.91 Å². The number of carbonyl (C=O) groups excluding carboxylic acids is 2. The molecule has 3 heterocycles. The maximum Gasteiger partial charge on any atom is 0.256 e. The van der Waals surface area contributed by atoms with Gasteiger partial charge in [0.05, 0.1) is 5.56 Å². The average Bonchev–Trinajstić information content (AvgIpc) is 2.77. The molecule has 2 aliphatic rings. The first-order chi connectivity index (χ1) is 14.9. The van der Waals surface area contributed by atoms with E-state index in [0.717, 1.165) is 31.6 Å². The van der Waals surface area contributed by atoms with Crippen molar-refractivity contribution in [2.45, 2.75) is 44.7 Å². The minimum atomic E-state index is -0.884. The summed E-state index contributed by atoms with van der Waals surface area (Å²) < 4.78 is 14.0. The maximum atomic E-state index is 14.0.